The van der Waals surface area contributed by atoms with Gasteiger partial charge in [0.25, 0.3) is 0 Å². The molecule has 1 N–H and O–H groups in total. The van der Waals surface area contributed by atoms with Gasteiger partial charge in [0.05, 0.1) is 12.1 Å². The second-order valence-electron chi connectivity index (χ2n) is 4.28. The van der Waals surface area contributed by atoms with Gasteiger partial charge in [-0.15, -0.1) is 0 Å². The van der Waals surface area contributed by atoms with Gasteiger partial charge in [-0.25, -0.2) is 0 Å². The lowest BCUT2D eigenvalue weighted by atomic mass is 10.1. The Morgan fingerprint density at radius 2 is 1.94 bits per heavy atom. The monoisotopic (exact) mass is 238 g/mol. The standard InChI is InChI=1S/C15H14N2O/c18-11-14-7-3-9-17(14)10-13-5-1-4-12-6-2-8-16-15(12)13/h1-9,18H,10-11H2. The third-order valence-corrected chi connectivity index (χ3v) is 3.14. The van der Waals surface area contributed by atoms with Crippen molar-refractivity contribution in [2.45, 2.75) is 13.2 Å². The van der Waals surface area contributed by atoms with Crippen LogP contribution in [0.25, 0.3) is 10.9 Å². The summed E-state index contributed by atoms with van der Waals surface area (Å²) in [5, 5.41) is 10.4. The molecule has 2 heterocycles. The average molecular weight is 238 g/mol. The van der Waals surface area contributed by atoms with Crippen molar-refractivity contribution in [2.24, 2.45) is 0 Å². The lowest BCUT2D eigenvalue weighted by Crippen LogP contribution is -2.03. The van der Waals surface area contributed by atoms with Crippen LogP contribution in [0.5, 0.6) is 0 Å². The first-order chi connectivity index (χ1) is 8.88. The van der Waals surface area contributed by atoms with Gasteiger partial charge in [-0.05, 0) is 23.8 Å². The van der Waals surface area contributed by atoms with Crippen LogP contribution in [0.2, 0.25) is 0 Å². The number of rotatable bonds is 3. The number of para-hydroxylation sites is 1. The van der Waals surface area contributed by atoms with Crippen molar-refractivity contribution < 1.29 is 5.11 Å². The van der Waals surface area contributed by atoms with Crippen LogP contribution in [0.1, 0.15) is 11.3 Å². The maximum Gasteiger partial charge on any atom is 0.0832 e. The van der Waals surface area contributed by atoms with E-state index in [1.54, 1.807) is 0 Å². The van der Waals surface area contributed by atoms with Gasteiger partial charge in [-0.2, -0.15) is 0 Å². The van der Waals surface area contributed by atoms with Crippen molar-refractivity contribution in [1.29, 1.82) is 0 Å². The molecule has 3 heteroatoms. The van der Waals surface area contributed by atoms with Gasteiger partial charge in [0, 0.05) is 30.0 Å². The van der Waals surface area contributed by atoms with Gasteiger partial charge >= 0.3 is 0 Å². The molecule has 0 unspecified atom stereocenters. The summed E-state index contributed by atoms with van der Waals surface area (Å²) >= 11 is 0. The average Bonchev–Trinajstić information content (AvgIpc) is 2.86. The van der Waals surface area contributed by atoms with Crippen LogP contribution in [0.3, 0.4) is 0 Å². The number of aliphatic hydroxyl groups excluding tert-OH is 1. The highest BCUT2D eigenvalue weighted by Gasteiger charge is 2.04. The predicted molar refractivity (Wildman–Crippen MR) is 71.2 cm³/mol. The summed E-state index contributed by atoms with van der Waals surface area (Å²) in [6, 6.07) is 14.1. The molecule has 3 rings (SSSR count). The second-order valence-corrected chi connectivity index (χ2v) is 4.28. The first kappa shape index (κ1) is 11.0. The number of nitrogens with zero attached hydrogens (tertiary/aromatic N) is 2. The van der Waals surface area contributed by atoms with E-state index >= 15 is 0 Å². The molecule has 0 fully saturated rings. The molecule has 0 aliphatic rings. The molecule has 3 aromatic rings. The van der Waals surface area contributed by atoms with Gasteiger partial charge in [0.15, 0.2) is 0 Å². The fourth-order valence-corrected chi connectivity index (χ4v) is 2.23. The molecular formula is C15H14N2O. The third kappa shape index (κ3) is 1.89. The molecule has 3 nitrogen and oxygen atoms in total. The number of benzene rings is 1. The Morgan fingerprint density at radius 1 is 1.06 bits per heavy atom. The normalized spacial score (nSPS) is 10.9. The van der Waals surface area contributed by atoms with E-state index < -0.39 is 0 Å². The van der Waals surface area contributed by atoms with E-state index in [4.69, 9.17) is 0 Å². The summed E-state index contributed by atoms with van der Waals surface area (Å²) in [5.74, 6) is 0. The Labute approximate surface area is 105 Å². The van der Waals surface area contributed by atoms with Crippen LogP contribution in [0, 0.1) is 0 Å². The molecule has 0 spiro atoms. The molecule has 0 saturated carbocycles. The Bertz CT molecular complexity index is 668. The summed E-state index contributed by atoms with van der Waals surface area (Å²) in [6.07, 6.45) is 3.79. The molecule has 0 radical (unpaired) electrons. The van der Waals surface area contributed by atoms with Crippen LogP contribution < -0.4 is 0 Å². The molecule has 1 aromatic carbocycles. The van der Waals surface area contributed by atoms with Crippen LogP contribution in [-0.2, 0) is 13.2 Å². The number of aliphatic hydroxyl groups is 1. The molecule has 0 saturated heterocycles. The molecule has 0 amide bonds. The Kier molecular flexibility index (Phi) is 2.82. The number of fused-ring (bicyclic) bond motifs is 1. The molecule has 2 aromatic heterocycles. The van der Waals surface area contributed by atoms with Crippen LogP contribution in [0.4, 0.5) is 0 Å². The summed E-state index contributed by atoms with van der Waals surface area (Å²) in [5.41, 5.74) is 3.11. The van der Waals surface area contributed by atoms with Crippen molar-refractivity contribution in [3.05, 3.63) is 66.1 Å². The number of pyridine rings is 1. The van der Waals surface area contributed by atoms with Crippen molar-refractivity contribution in [3.63, 3.8) is 0 Å². The lowest BCUT2D eigenvalue weighted by molar-refractivity contribution is 0.271. The molecule has 0 aliphatic heterocycles. The third-order valence-electron chi connectivity index (χ3n) is 3.14. The molecule has 0 atom stereocenters. The topological polar surface area (TPSA) is 38.0 Å². The van der Waals surface area contributed by atoms with E-state index in [1.165, 1.54) is 5.56 Å². The van der Waals surface area contributed by atoms with Crippen LogP contribution >= 0.6 is 0 Å². The molecule has 90 valence electrons. The minimum atomic E-state index is 0.0607. The molecular weight excluding hydrogens is 224 g/mol. The smallest absolute Gasteiger partial charge is 0.0832 e. The number of hydrogen-bond acceptors (Lipinski definition) is 2. The first-order valence-corrected chi connectivity index (χ1v) is 5.96. The highest BCUT2D eigenvalue weighted by Crippen LogP contribution is 2.17. The SMILES string of the molecule is OCc1cccn1Cc1cccc2cccnc12. The molecule has 18 heavy (non-hydrogen) atoms. The largest absolute Gasteiger partial charge is 0.390 e. The number of aromatic nitrogens is 2. The van der Waals surface area contributed by atoms with E-state index in [9.17, 15) is 5.11 Å². The fraction of sp³-hybridized carbons (Fsp3) is 0.133. The van der Waals surface area contributed by atoms with Gasteiger partial charge in [0.2, 0.25) is 0 Å². The summed E-state index contributed by atoms with van der Waals surface area (Å²) in [4.78, 5) is 4.44. The maximum absolute atomic E-state index is 9.26. The van der Waals surface area contributed by atoms with Gasteiger partial charge in [-0.1, -0.05) is 24.3 Å². The first-order valence-electron chi connectivity index (χ1n) is 5.96. The Balaban J connectivity index is 2.05. The van der Waals surface area contributed by atoms with Crippen molar-refractivity contribution in [1.82, 2.24) is 9.55 Å². The summed E-state index contributed by atoms with van der Waals surface area (Å²) in [7, 11) is 0. The summed E-state index contributed by atoms with van der Waals surface area (Å²) < 4.78 is 2.05. The Morgan fingerprint density at radius 3 is 2.83 bits per heavy atom. The van der Waals surface area contributed by atoms with E-state index in [0.29, 0.717) is 0 Å². The zero-order valence-corrected chi connectivity index (χ0v) is 9.95. The lowest BCUT2D eigenvalue weighted by Gasteiger charge is -2.09. The molecule has 0 bridgehead atoms. The number of hydrogen-bond donors (Lipinski definition) is 1. The van der Waals surface area contributed by atoms with Crippen molar-refractivity contribution in [2.75, 3.05) is 0 Å². The summed E-state index contributed by atoms with van der Waals surface area (Å²) in [6.45, 7) is 0.794. The quantitative estimate of drug-likeness (QED) is 0.761. The van der Waals surface area contributed by atoms with E-state index in [1.807, 2.05) is 41.2 Å². The van der Waals surface area contributed by atoms with Crippen LogP contribution in [-0.4, -0.2) is 14.7 Å². The zero-order valence-electron chi connectivity index (χ0n) is 9.95. The second kappa shape index (κ2) is 4.63. The fourth-order valence-electron chi connectivity index (χ4n) is 2.23. The van der Waals surface area contributed by atoms with Crippen LogP contribution in [0.15, 0.2) is 54.9 Å². The van der Waals surface area contributed by atoms with Gasteiger partial charge in [0.1, 0.15) is 0 Å². The van der Waals surface area contributed by atoms with Crippen molar-refractivity contribution >= 4 is 10.9 Å². The predicted octanol–water partition coefficient (Wildman–Crippen LogP) is 2.58. The maximum atomic E-state index is 9.26. The zero-order chi connectivity index (χ0) is 12.4. The van der Waals surface area contributed by atoms with Gasteiger partial charge < -0.3 is 9.67 Å². The van der Waals surface area contributed by atoms with Crippen molar-refractivity contribution in [3.8, 4) is 0 Å². The minimum absolute atomic E-state index is 0.0607. The molecule has 0 aliphatic carbocycles. The van der Waals surface area contributed by atoms with Gasteiger partial charge in [-0.3, -0.25) is 4.98 Å². The van der Waals surface area contributed by atoms with E-state index in [2.05, 4.69) is 23.2 Å². The minimum Gasteiger partial charge on any atom is -0.390 e. The van der Waals surface area contributed by atoms with E-state index in [0.717, 1.165) is 23.1 Å². The Hall–Kier alpha value is -2.13. The highest BCUT2D eigenvalue weighted by atomic mass is 16.3. The highest BCUT2D eigenvalue weighted by molar-refractivity contribution is 5.81. The van der Waals surface area contributed by atoms with E-state index in [-0.39, 0.29) is 6.61 Å².